The molecule has 1 nitrogen and oxygen atoms in total. The highest BCUT2D eigenvalue weighted by molar-refractivity contribution is 7.11. The van der Waals surface area contributed by atoms with Crippen LogP contribution in [-0.2, 0) is 0 Å². The molecule has 0 aliphatic rings. The minimum Gasteiger partial charge on any atom is -0.247 e. The second-order valence-electron chi connectivity index (χ2n) is 1.87. The molecule has 1 aromatic heterocycles. The van der Waals surface area contributed by atoms with Crippen molar-refractivity contribution in [2.45, 2.75) is 20.8 Å². The number of nitrogens with zero attached hydrogens (tertiary/aromatic N) is 1. The Morgan fingerprint density at radius 3 is 1.89 bits per heavy atom. The monoisotopic (exact) mass is 138 g/mol. The summed E-state index contributed by atoms with van der Waals surface area (Å²) in [5.74, 6) is 0. The predicted octanol–water partition coefficient (Wildman–Crippen LogP) is 1.69. The van der Waals surface area contributed by atoms with Crippen molar-refractivity contribution in [1.29, 1.82) is 0 Å². The van der Waals surface area contributed by atoms with Gasteiger partial charge in [-0.05, 0) is 20.8 Å². The summed E-state index contributed by atoms with van der Waals surface area (Å²) in [7, 11) is 0. The summed E-state index contributed by atoms with van der Waals surface area (Å²) in [5, 5.41) is 1.17. The molecule has 0 aliphatic carbocycles. The van der Waals surface area contributed by atoms with Crippen molar-refractivity contribution in [3.63, 3.8) is 0 Å². The molecule has 0 fully saturated rings. The van der Waals surface area contributed by atoms with Crippen LogP contribution >= 0.6 is 11.3 Å². The van der Waals surface area contributed by atoms with E-state index >= 15 is 0 Å². The fraction of sp³-hybridized carbons (Fsp3) is 0.500. The van der Waals surface area contributed by atoms with Gasteiger partial charge in [-0.25, -0.2) is 4.98 Å². The van der Waals surface area contributed by atoms with Crippen molar-refractivity contribution in [2.24, 2.45) is 0 Å². The van der Waals surface area contributed by atoms with Crippen LogP contribution in [0.15, 0.2) is 0 Å². The van der Waals surface area contributed by atoms with Crippen molar-refractivity contribution >= 4 is 19.7 Å². The molecule has 0 unspecified atom stereocenters. The molecular weight excluding hydrogens is 129 g/mol. The van der Waals surface area contributed by atoms with Gasteiger partial charge in [-0.3, -0.25) is 0 Å². The number of hydrogen-bond donors (Lipinski definition) is 0. The lowest BCUT2D eigenvalue weighted by atomic mass is 10.4. The van der Waals surface area contributed by atoms with Crippen LogP contribution in [0, 0.1) is 20.8 Å². The van der Waals surface area contributed by atoms with Crippen molar-refractivity contribution < 1.29 is 0 Å². The molecule has 0 spiro atoms. The fourth-order valence-corrected chi connectivity index (χ4v) is 1.45. The van der Waals surface area contributed by atoms with E-state index in [1.165, 1.54) is 15.6 Å². The molecule has 0 saturated heterocycles. The van der Waals surface area contributed by atoms with Crippen LogP contribution in [0.4, 0.5) is 0 Å². The minimum atomic E-state index is 0. The van der Waals surface area contributed by atoms with Crippen LogP contribution < -0.4 is 0 Å². The third-order valence-electron chi connectivity index (χ3n) is 1.14. The summed E-state index contributed by atoms with van der Waals surface area (Å²) in [5.41, 5.74) is 1.17. The summed E-state index contributed by atoms with van der Waals surface area (Å²) < 4.78 is 0. The average molecular weight is 138 g/mol. The molecule has 0 N–H and O–H groups in total. The zero-order valence-electron chi connectivity index (χ0n) is 5.93. The van der Waals surface area contributed by atoms with Gasteiger partial charge in [-0.15, -0.1) is 11.3 Å². The van der Waals surface area contributed by atoms with E-state index in [0.717, 1.165) is 0 Å². The van der Waals surface area contributed by atoms with Gasteiger partial charge in [-0.2, -0.15) is 0 Å². The highest BCUT2D eigenvalue weighted by atomic mass is 32.1. The standard InChI is InChI=1S/C6H9NS.B/c1-4-5(2)8-6(3)7-4;/h1-3H3;. The van der Waals surface area contributed by atoms with E-state index in [1.54, 1.807) is 11.3 Å². The van der Waals surface area contributed by atoms with Gasteiger partial charge in [0, 0.05) is 13.3 Å². The van der Waals surface area contributed by atoms with E-state index in [4.69, 9.17) is 0 Å². The normalized spacial score (nSPS) is 8.78. The zero-order chi connectivity index (χ0) is 6.15. The minimum absolute atomic E-state index is 0. The molecule has 0 saturated carbocycles. The SMILES string of the molecule is Cc1nc(C)c(C)s1.[B]. The van der Waals surface area contributed by atoms with Crippen LogP contribution in [-0.4, -0.2) is 13.4 Å². The Labute approximate surface area is 61.7 Å². The Morgan fingerprint density at radius 2 is 1.78 bits per heavy atom. The van der Waals surface area contributed by atoms with E-state index in [2.05, 4.69) is 11.9 Å². The maximum atomic E-state index is 4.23. The zero-order valence-corrected chi connectivity index (χ0v) is 6.75. The van der Waals surface area contributed by atoms with E-state index in [9.17, 15) is 0 Å². The number of aryl methyl sites for hydroxylation is 3. The molecule has 3 radical (unpaired) electrons. The van der Waals surface area contributed by atoms with E-state index in [-0.39, 0.29) is 8.41 Å². The highest BCUT2D eigenvalue weighted by Gasteiger charge is 1.95. The first-order valence-electron chi connectivity index (χ1n) is 2.61. The molecule has 1 aromatic rings. The van der Waals surface area contributed by atoms with Gasteiger partial charge in [0.1, 0.15) is 0 Å². The van der Waals surface area contributed by atoms with Crippen molar-refractivity contribution in [3.05, 3.63) is 15.6 Å². The van der Waals surface area contributed by atoms with Crippen molar-refractivity contribution in [2.75, 3.05) is 0 Å². The predicted molar refractivity (Wildman–Crippen MR) is 42.1 cm³/mol. The molecular formula is C6H9BNS. The molecule has 0 atom stereocenters. The molecule has 1 rings (SSSR count). The number of hydrogen-bond acceptors (Lipinski definition) is 2. The Kier molecular flexibility index (Phi) is 2.91. The first-order chi connectivity index (χ1) is 3.70. The van der Waals surface area contributed by atoms with Gasteiger partial charge >= 0.3 is 0 Å². The average Bonchev–Trinajstić information content (AvgIpc) is 1.85. The maximum absolute atomic E-state index is 4.23. The van der Waals surface area contributed by atoms with Gasteiger partial charge in [0.25, 0.3) is 0 Å². The third kappa shape index (κ3) is 1.82. The molecule has 0 aliphatic heterocycles. The molecule has 0 amide bonds. The van der Waals surface area contributed by atoms with Crippen LogP contribution in [0.25, 0.3) is 0 Å². The third-order valence-corrected chi connectivity index (χ3v) is 2.12. The number of thiazole rings is 1. The summed E-state index contributed by atoms with van der Waals surface area (Å²) >= 11 is 1.76. The highest BCUT2D eigenvalue weighted by Crippen LogP contribution is 2.14. The van der Waals surface area contributed by atoms with E-state index in [0.29, 0.717) is 0 Å². The van der Waals surface area contributed by atoms with Crippen LogP contribution in [0.3, 0.4) is 0 Å². The van der Waals surface area contributed by atoms with E-state index < -0.39 is 0 Å². The van der Waals surface area contributed by atoms with Gasteiger partial charge < -0.3 is 0 Å². The summed E-state index contributed by atoms with van der Waals surface area (Å²) in [6, 6.07) is 0. The van der Waals surface area contributed by atoms with Gasteiger partial charge in [0.05, 0.1) is 10.7 Å². The summed E-state index contributed by atoms with van der Waals surface area (Å²) in [6.45, 7) is 6.17. The van der Waals surface area contributed by atoms with Gasteiger partial charge in [0.2, 0.25) is 0 Å². The fourth-order valence-electron chi connectivity index (χ4n) is 0.633. The Morgan fingerprint density at radius 1 is 1.22 bits per heavy atom. The molecule has 0 aromatic carbocycles. The second kappa shape index (κ2) is 3.02. The molecule has 0 bridgehead atoms. The number of aromatic nitrogens is 1. The number of rotatable bonds is 0. The topological polar surface area (TPSA) is 12.9 Å². The van der Waals surface area contributed by atoms with Gasteiger partial charge in [-0.1, -0.05) is 0 Å². The van der Waals surface area contributed by atoms with Crippen molar-refractivity contribution in [3.8, 4) is 0 Å². The molecule has 1 heterocycles. The second-order valence-corrected chi connectivity index (χ2v) is 3.28. The van der Waals surface area contributed by atoms with Crippen LogP contribution in [0.5, 0.6) is 0 Å². The molecule has 9 heavy (non-hydrogen) atoms. The molecule has 47 valence electrons. The quantitative estimate of drug-likeness (QED) is 0.497. The van der Waals surface area contributed by atoms with E-state index in [1.807, 2.05) is 13.8 Å². The van der Waals surface area contributed by atoms with Gasteiger partial charge in [0.15, 0.2) is 0 Å². The maximum Gasteiger partial charge on any atom is 0.0899 e. The largest absolute Gasteiger partial charge is 0.247 e. The van der Waals surface area contributed by atoms with Crippen molar-refractivity contribution in [1.82, 2.24) is 4.98 Å². The Hall–Kier alpha value is -0.305. The first-order valence-corrected chi connectivity index (χ1v) is 3.42. The lowest BCUT2D eigenvalue weighted by Gasteiger charge is -1.77. The summed E-state index contributed by atoms with van der Waals surface area (Å²) in [4.78, 5) is 5.56. The Balaban J connectivity index is 0.000000640. The lowest BCUT2D eigenvalue weighted by molar-refractivity contribution is 1.18. The molecule has 3 heteroatoms. The summed E-state index contributed by atoms with van der Waals surface area (Å²) in [6.07, 6.45) is 0. The smallest absolute Gasteiger partial charge is 0.0899 e. The van der Waals surface area contributed by atoms with Crippen LogP contribution in [0.2, 0.25) is 0 Å². The first kappa shape index (κ1) is 8.69. The van der Waals surface area contributed by atoms with Crippen LogP contribution in [0.1, 0.15) is 15.6 Å². The lowest BCUT2D eigenvalue weighted by Crippen LogP contribution is -1.71. The Bertz CT molecular complexity index is 175.